The van der Waals surface area contributed by atoms with Crippen molar-refractivity contribution in [1.82, 2.24) is 10.7 Å². The number of phenols is 1. The van der Waals surface area contributed by atoms with Gasteiger partial charge < -0.3 is 20.1 Å². The Balaban J connectivity index is 1.69. The predicted octanol–water partition coefficient (Wildman–Crippen LogP) is -0.505. The predicted molar refractivity (Wildman–Crippen MR) is 90.4 cm³/mol. The minimum absolute atomic E-state index is 0.243. The number of rotatable bonds is 5. The molecule has 0 aliphatic carbocycles. The topological polar surface area (TPSA) is 70.3 Å². The van der Waals surface area contributed by atoms with Crippen LogP contribution in [0.2, 0.25) is 0 Å². The van der Waals surface area contributed by atoms with Crippen LogP contribution in [-0.4, -0.2) is 55.3 Å². The maximum absolute atomic E-state index is 9.27. The van der Waals surface area contributed by atoms with Gasteiger partial charge >= 0.3 is 0 Å². The van der Waals surface area contributed by atoms with Crippen molar-refractivity contribution in [3.63, 3.8) is 0 Å². The van der Waals surface area contributed by atoms with E-state index in [-0.39, 0.29) is 5.75 Å². The number of hydrogen-bond donors (Lipinski definition) is 4. The Morgan fingerprint density at radius 3 is 2.68 bits per heavy atom. The lowest BCUT2D eigenvalue weighted by atomic mass is 10.1. The van der Waals surface area contributed by atoms with Crippen molar-refractivity contribution in [1.29, 1.82) is 0 Å². The number of nitrogens with zero attached hydrogens (tertiary/aromatic N) is 1. The van der Waals surface area contributed by atoms with Crippen molar-refractivity contribution in [3.05, 3.63) is 29.8 Å². The summed E-state index contributed by atoms with van der Waals surface area (Å²) in [6.07, 6.45) is 0. The van der Waals surface area contributed by atoms with E-state index in [1.54, 1.807) is 12.1 Å². The highest BCUT2D eigenvalue weighted by atomic mass is 32.1. The maximum atomic E-state index is 9.27. The monoisotopic (exact) mass is 323 g/mol. The summed E-state index contributed by atoms with van der Waals surface area (Å²) in [4.78, 5) is 1.53. The fraction of sp³-hybridized carbons (Fsp3) is 0.467. The lowest BCUT2D eigenvalue weighted by Crippen LogP contribution is -3.14. The summed E-state index contributed by atoms with van der Waals surface area (Å²) in [5.41, 5.74) is 4.59. The van der Waals surface area contributed by atoms with Gasteiger partial charge in [-0.1, -0.05) is 0 Å². The zero-order valence-electron chi connectivity index (χ0n) is 12.8. The van der Waals surface area contributed by atoms with Gasteiger partial charge in [0.25, 0.3) is 0 Å². The van der Waals surface area contributed by atoms with Crippen LogP contribution in [-0.2, 0) is 4.74 Å². The molecule has 0 spiro atoms. The van der Waals surface area contributed by atoms with Crippen molar-refractivity contribution >= 4 is 23.0 Å². The fourth-order valence-electron chi connectivity index (χ4n) is 2.20. The molecule has 1 aliphatic rings. The minimum atomic E-state index is 0.243. The van der Waals surface area contributed by atoms with Crippen molar-refractivity contribution in [3.8, 4) is 5.75 Å². The highest BCUT2D eigenvalue weighted by Crippen LogP contribution is 2.10. The second-order valence-electron chi connectivity index (χ2n) is 5.22. The Morgan fingerprint density at radius 1 is 1.32 bits per heavy atom. The van der Waals surface area contributed by atoms with Crippen LogP contribution in [0.4, 0.5) is 0 Å². The smallest absolute Gasteiger partial charge is 0.187 e. The molecular weight excluding hydrogens is 300 g/mol. The molecule has 0 aromatic heterocycles. The number of nitrogens with one attached hydrogen (secondary N) is 3. The number of phenolic OH excluding ortho intramolecular Hbond substituents is 1. The van der Waals surface area contributed by atoms with E-state index in [9.17, 15) is 5.11 Å². The molecule has 0 saturated carbocycles. The van der Waals surface area contributed by atoms with Gasteiger partial charge in [0.2, 0.25) is 0 Å². The summed E-state index contributed by atoms with van der Waals surface area (Å²) in [6, 6.07) is 6.90. The molecule has 0 amide bonds. The first kappa shape index (κ1) is 16.7. The lowest BCUT2D eigenvalue weighted by molar-refractivity contribution is -0.906. The van der Waals surface area contributed by atoms with Crippen molar-refractivity contribution in [2.45, 2.75) is 6.92 Å². The summed E-state index contributed by atoms with van der Waals surface area (Å²) in [5.74, 6) is 0.243. The van der Waals surface area contributed by atoms with Crippen LogP contribution >= 0.6 is 12.2 Å². The Hall–Kier alpha value is -1.70. The summed E-state index contributed by atoms with van der Waals surface area (Å²) in [6.45, 7) is 7.52. The van der Waals surface area contributed by atoms with Crippen LogP contribution in [0.25, 0.3) is 0 Å². The van der Waals surface area contributed by atoms with Gasteiger partial charge in [-0.25, -0.2) is 0 Å². The lowest BCUT2D eigenvalue weighted by Gasteiger charge is -2.23. The van der Waals surface area contributed by atoms with Gasteiger partial charge in [0.1, 0.15) is 18.8 Å². The SMILES string of the molecule is C/C(=N\NC(=S)NCC[NH+]1CCOCC1)c1ccc(O)cc1. The average molecular weight is 323 g/mol. The van der Waals surface area contributed by atoms with Gasteiger partial charge in [-0.05, 0) is 49.0 Å². The zero-order valence-corrected chi connectivity index (χ0v) is 13.6. The summed E-state index contributed by atoms with van der Waals surface area (Å²) < 4.78 is 5.33. The first-order valence-corrected chi connectivity index (χ1v) is 7.85. The van der Waals surface area contributed by atoms with Crippen molar-refractivity contribution in [2.24, 2.45) is 5.10 Å². The van der Waals surface area contributed by atoms with E-state index in [0.717, 1.165) is 50.7 Å². The third-order valence-corrected chi connectivity index (χ3v) is 3.81. The third-order valence-electron chi connectivity index (χ3n) is 3.57. The second kappa shape index (κ2) is 8.67. The molecule has 0 radical (unpaired) electrons. The largest absolute Gasteiger partial charge is 0.508 e. The van der Waals surface area contributed by atoms with Gasteiger partial charge in [-0.3, -0.25) is 5.43 Å². The number of morpholine rings is 1. The molecule has 1 saturated heterocycles. The second-order valence-corrected chi connectivity index (χ2v) is 5.63. The molecule has 0 bridgehead atoms. The van der Waals surface area contributed by atoms with Gasteiger partial charge in [0, 0.05) is 0 Å². The number of hydrazone groups is 1. The minimum Gasteiger partial charge on any atom is -0.508 e. The van der Waals surface area contributed by atoms with Gasteiger partial charge in [-0.2, -0.15) is 5.10 Å². The molecule has 1 heterocycles. The molecule has 1 aliphatic heterocycles. The van der Waals surface area contributed by atoms with E-state index in [2.05, 4.69) is 15.8 Å². The standard InChI is InChI=1S/C15H22N4O2S/c1-12(13-2-4-14(20)5-3-13)17-18-15(22)16-6-7-19-8-10-21-11-9-19/h2-5,20H,6-11H2,1H3,(H2,16,18,22)/p+1/b17-12+. The first-order valence-electron chi connectivity index (χ1n) is 7.44. The number of aromatic hydroxyl groups is 1. The molecule has 7 heteroatoms. The van der Waals surface area contributed by atoms with Crippen LogP contribution in [0, 0.1) is 0 Å². The number of quaternary nitrogens is 1. The fourth-order valence-corrected chi connectivity index (χ4v) is 2.35. The van der Waals surface area contributed by atoms with Gasteiger partial charge in [0.15, 0.2) is 5.11 Å². The molecule has 1 aromatic carbocycles. The van der Waals surface area contributed by atoms with Crippen LogP contribution in [0.1, 0.15) is 12.5 Å². The van der Waals surface area contributed by atoms with Crippen molar-refractivity contribution in [2.75, 3.05) is 39.4 Å². The van der Waals surface area contributed by atoms with Crippen LogP contribution < -0.4 is 15.6 Å². The molecule has 4 N–H and O–H groups in total. The highest BCUT2D eigenvalue weighted by Gasteiger charge is 2.12. The van der Waals surface area contributed by atoms with Crippen LogP contribution in [0.5, 0.6) is 5.75 Å². The van der Waals surface area contributed by atoms with E-state index >= 15 is 0 Å². The van der Waals surface area contributed by atoms with Gasteiger partial charge in [-0.15, -0.1) is 0 Å². The van der Waals surface area contributed by atoms with E-state index in [1.165, 1.54) is 4.90 Å². The van der Waals surface area contributed by atoms with E-state index in [0.29, 0.717) is 5.11 Å². The molecule has 2 rings (SSSR count). The summed E-state index contributed by atoms with van der Waals surface area (Å²) in [7, 11) is 0. The van der Waals surface area contributed by atoms with Crippen LogP contribution in [0.3, 0.4) is 0 Å². The number of thiocarbonyl (C=S) groups is 1. The van der Waals surface area contributed by atoms with E-state index in [4.69, 9.17) is 17.0 Å². The number of hydrogen-bond acceptors (Lipinski definition) is 4. The maximum Gasteiger partial charge on any atom is 0.187 e. The van der Waals surface area contributed by atoms with E-state index in [1.807, 2.05) is 19.1 Å². The zero-order chi connectivity index (χ0) is 15.8. The Bertz CT molecular complexity index is 513. The average Bonchev–Trinajstić information content (AvgIpc) is 2.54. The summed E-state index contributed by atoms with van der Waals surface area (Å²) >= 11 is 5.21. The molecule has 120 valence electrons. The number of ether oxygens (including phenoxy) is 1. The molecule has 0 unspecified atom stereocenters. The Morgan fingerprint density at radius 2 is 2.00 bits per heavy atom. The molecular formula is C15H23N4O2S+. The van der Waals surface area contributed by atoms with Crippen LogP contribution in [0.15, 0.2) is 29.4 Å². The highest BCUT2D eigenvalue weighted by molar-refractivity contribution is 7.80. The Kier molecular flexibility index (Phi) is 6.57. The van der Waals surface area contributed by atoms with Gasteiger partial charge in [0.05, 0.1) is 32.0 Å². The normalized spacial score (nSPS) is 16.3. The summed E-state index contributed by atoms with van der Waals surface area (Å²) in [5, 5.41) is 17.2. The van der Waals surface area contributed by atoms with Crippen molar-refractivity contribution < 1.29 is 14.7 Å². The van der Waals surface area contributed by atoms with E-state index < -0.39 is 0 Å². The molecule has 1 aromatic rings. The molecule has 1 fully saturated rings. The molecule has 0 atom stereocenters. The molecule has 6 nitrogen and oxygen atoms in total. The quantitative estimate of drug-likeness (QED) is 0.334. The third kappa shape index (κ3) is 5.59. The molecule has 22 heavy (non-hydrogen) atoms. The Labute approximate surface area is 136 Å². The number of benzene rings is 1. The first-order chi connectivity index (χ1) is 10.6.